The van der Waals surface area contributed by atoms with Gasteiger partial charge in [-0.25, -0.2) is 0 Å². The Morgan fingerprint density at radius 1 is 1.09 bits per heavy atom. The minimum absolute atomic E-state index is 0.753. The van der Waals surface area contributed by atoms with E-state index < -0.39 is 0 Å². The van der Waals surface area contributed by atoms with Gasteiger partial charge < -0.3 is 9.47 Å². The fourth-order valence-corrected chi connectivity index (χ4v) is 3.53. The van der Waals surface area contributed by atoms with Crippen molar-refractivity contribution in [2.75, 3.05) is 14.2 Å². The van der Waals surface area contributed by atoms with Crippen molar-refractivity contribution >= 4 is 24.1 Å². The molecule has 0 amide bonds. The Morgan fingerprint density at radius 3 is 2.64 bits per heavy atom. The summed E-state index contributed by atoms with van der Waals surface area (Å²) in [6.07, 6.45) is 6.55. The molecule has 1 heterocycles. The summed E-state index contributed by atoms with van der Waals surface area (Å²) in [5.41, 5.74) is 2.33. The van der Waals surface area contributed by atoms with Crippen molar-refractivity contribution < 1.29 is 9.47 Å². The third-order valence-electron chi connectivity index (χ3n) is 3.46. The molecule has 0 fully saturated rings. The van der Waals surface area contributed by atoms with Crippen LogP contribution >= 0.6 is 11.8 Å². The second kappa shape index (κ2) is 6.71. The Balaban J connectivity index is 2.16. The predicted molar refractivity (Wildman–Crippen MR) is 91.3 cm³/mol. The monoisotopic (exact) mass is 311 g/mol. The van der Waals surface area contributed by atoms with Crippen LogP contribution in [-0.2, 0) is 6.42 Å². The number of nitrogens with zero attached hydrogens (tertiary/aromatic N) is 1. The minimum atomic E-state index is 0.753. The fourth-order valence-electron chi connectivity index (χ4n) is 2.42. The second-order valence-electron chi connectivity index (χ2n) is 4.78. The molecule has 0 radical (unpaired) electrons. The molecule has 0 saturated carbocycles. The van der Waals surface area contributed by atoms with Crippen LogP contribution in [0, 0.1) is 0 Å². The first-order chi connectivity index (χ1) is 10.8. The molecular weight excluding hydrogens is 294 g/mol. The number of hydrogen-bond donors (Lipinski definition) is 0. The van der Waals surface area contributed by atoms with E-state index in [1.807, 2.05) is 42.8 Å². The molecule has 2 aromatic rings. The molecule has 0 aliphatic carbocycles. The highest BCUT2D eigenvalue weighted by Crippen LogP contribution is 2.45. The summed E-state index contributed by atoms with van der Waals surface area (Å²) in [6, 6.07) is 12.3. The maximum Gasteiger partial charge on any atom is 0.175 e. The lowest BCUT2D eigenvalue weighted by Gasteiger charge is -2.17. The van der Waals surface area contributed by atoms with Crippen LogP contribution in [-0.4, -0.2) is 20.4 Å². The van der Waals surface area contributed by atoms with Gasteiger partial charge in [-0.15, -0.1) is 0 Å². The van der Waals surface area contributed by atoms with Gasteiger partial charge >= 0.3 is 0 Å². The molecule has 0 aromatic heterocycles. The molecule has 0 spiro atoms. The normalized spacial score (nSPS) is 12.6. The van der Waals surface area contributed by atoms with Gasteiger partial charge in [-0.3, -0.25) is 4.99 Å². The average molecular weight is 311 g/mol. The van der Waals surface area contributed by atoms with Gasteiger partial charge in [-0.05, 0) is 35.4 Å². The first kappa shape index (κ1) is 14.7. The van der Waals surface area contributed by atoms with Gasteiger partial charge in [0.15, 0.2) is 11.5 Å². The molecule has 1 aliphatic rings. The van der Waals surface area contributed by atoms with E-state index in [1.54, 1.807) is 26.0 Å². The summed E-state index contributed by atoms with van der Waals surface area (Å²) in [6.45, 7) is 0. The Bertz CT molecular complexity index is 724. The number of fused-ring (bicyclic) bond motifs is 1. The van der Waals surface area contributed by atoms with Crippen molar-refractivity contribution in [3.8, 4) is 11.5 Å². The van der Waals surface area contributed by atoms with E-state index in [0.29, 0.717) is 0 Å². The molecule has 112 valence electrons. The molecule has 0 N–H and O–H groups in total. The molecule has 0 unspecified atom stereocenters. The molecule has 2 aromatic carbocycles. The Morgan fingerprint density at radius 2 is 1.91 bits per heavy atom. The number of aliphatic imine (C=N–C) groups is 1. The van der Waals surface area contributed by atoms with E-state index in [9.17, 15) is 0 Å². The number of hydrogen-bond acceptors (Lipinski definition) is 4. The number of rotatable bonds is 4. The SMILES string of the molecule is COc1cc2c(c(Sc3ccccc3)c1OC)C=CN=CC2. The zero-order valence-electron chi connectivity index (χ0n) is 12.6. The lowest BCUT2D eigenvalue weighted by molar-refractivity contribution is 0.347. The van der Waals surface area contributed by atoms with Crippen LogP contribution in [0.15, 0.2) is 57.4 Å². The van der Waals surface area contributed by atoms with Gasteiger partial charge in [0.2, 0.25) is 0 Å². The maximum atomic E-state index is 5.63. The highest BCUT2D eigenvalue weighted by atomic mass is 32.2. The summed E-state index contributed by atoms with van der Waals surface area (Å²) < 4.78 is 11.1. The lowest BCUT2D eigenvalue weighted by atomic mass is 10.0. The third-order valence-corrected chi connectivity index (χ3v) is 4.57. The Labute approximate surface area is 134 Å². The van der Waals surface area contributed by atoms with E-state index in [2.05, 4.69) is 17.1 Å². The van der Waals surface area contributed by atoms with Crippen LogP contribution in [0.2, 0.25) is 0 Å². The molecule has 22 heavy (non-hydrogen) atoms. The van der Waals surface area contributed by atoms with Crippen LogP contribution in [0.1, 0.15) is 11.1 Å². The highest BCUT2D eigenvalue weighted by Gasteiger charge is 2.19. The molecule has 3 nitrogen and oxygen atoms in total. The van der Waals surface area contributed by atoms with Gasteiger partial charge in [0.25, 0.3) is 0 Å². The van der Waals surface area contributed by atoms with Gasteiger partial charge in [0.05, 0.1) is 19.1 Å². The Kier molecular flexibility index (Phi) is 4.49. The van der Waals surface area contributed by atoms with Crippen LogP contribution in [0.4, 0.5) is 0 Å². The molecule has 3 rings (SSSR count). The second-order valence-corrected chi connectivity index (χ2v) is 5.86. The van der Waals surface area contributed by atoms with E-state index >= 15 is 0 Å². The molecular formula is C18H17NO2S. The predicted octanol–water partition coefficient (Wildman–Crippen LogP) is 4.45. The summed E-state index contributed by atoms with van der Waals surface area (Å²) in [7, 11) is 3.35. The highest BCUT2D eigenvalue weighted by molar-refractivity contribution is 7.99. The minimum Gasteiger partial charge on any atom is -0.493 e. The zero-order valence-corrected chi connectivity index (χ0v) is 13.4. The van der Waals surface area contributed by atoms with E-state index in [4.69, 9.17) is 9.47 Å². The van der Waals surface area contributed by atoms with E-state index in [-0.39, 0.29) is 0 Å². The Hall–Kier alpha value is -2.20. The smallest absolute Gasteiger partial charge is 0.175 e. The van der Waals surface area contributed by atoms with Crippen molar-refractivity contribution in [3.63, 3.8) is 0 Å². The van der Waals surface area contributed by atoms with Crippen LogP contribution in [0.25, 0.3) is 6.08 Å². The molecule has 0 saturated heterocycles. The summed E-state index contributed by atoms with van der Waals surface area (Å²) in [5.74, 6) is 1.52. The molecule has 4 heteroatoms. The molecule has 1 aliphatic heterocycles. The van der Waals surface area contributed by atoms with Crippen LogP contribution in [0.3, 0.4) is 0 Å². The standard InChI is InChI=1S/C18H17NO2S/c1-20-16-12-13-8-10-19-11-9-15(13)18(17(16)21-2)22-14-6-4-3-5-7-14/h3-7,9-12H,8H2,1-2H3. The number of methoxy groups -OCH3 is 2. The van der Waals surface area contributed by atoms with Crippen molar-refractivity contribution in [2.24, 2.45) is 4.99 Å². The van der Waals surface area contributed by atoms with Crippen molar-refractivity contribution in [1.82, 2.24) is 0 Å². The third kappa shape index (κ3) is 2.88. The van der Waals surface area contributed by atoms with Crippen molar-refractivity contribution in [1.29, 1.82) is 0 Å². The zero-order chi connectivity index (χ0) is 15.4. The van der Waals surface area contributed by atoms with Crippen LogP contribution in [0.5, 0.6) is 11.5 Å². The number of ether oxygens (including phenoxy) is 2. The summed E-state index contributed by atoms with van der Waals surface area (Å²) in [5, 5.41) is 0. The van der Waals surface area contributed by atoms with Gasteiger partial charge in [-0.1, -0.05) is 30.0 Å². The topological polar surface area (TPSA) is 30.8 Å². The number of benzene rings is 2. The molecule has 0 atom stereocenters. The maximum absolute atomic E-state index is 5.63. The largest absolute Gasteiger partial charge is 0.493 e. The first-order valence-corrected chi connectivity index (χ1v) is 7.84. The molecule has 0 bridgehead atoms. The average Bonchev–Trinajstić information content (AvgIpc) is 2.80. The summed E-state index contributed by atoms with van der Waals surface area (Å²) in [4.78, 5) is 6.47. The van der Waals surface area contributed by atoms with Gasteiger partial charge in [-0.2, -0.15) is 0 Å². The van der Waals surface area contributed by atoms with Crippen molar-refractivity contribution in [3.05, 3.63) is 53.7 Å². The van der Waals surface area contributed by atoms with Gasteiger partial charge in [0.1, 0.15) is 0 Å². The first-order valence-electron chi connectivity index (χ1n) is 7.02. The van der Waals surface area contributed by atoms with E-state index in [0.717, 1.165) is 33.3 Å². The lowest BCUT2D eigenvalue weighted by Crippen LogP contribution is -1.99. The fraction of sp³-hybridized carbons (Fsp3) is 0.167. The quantitative estimate of drug-likeness (QED) is 0.835. The van der Waals surface area contributed by atoms with Crippen LogP contribution < -0.4 is 9.47 Å². The van der Waals surface area contributed by atoms with E-state index in [1.165, 1.54) is 5.56 Å². The summed E-state index contributed by atoms with van der Waals surface area (Å²) >= 11 is 1.68. The van der Waals surface area contributed by atoms with Gasteiger partial charge in [0, 0.05) is 23.7 Å². The van der Waals surface area contributed by atoms with Crippen molar-refractivity contribution in [2.45, 2.75) is 16.2 Å².